The average Bonchev–Trinajstić information content (AvgIpc) is 2.79. The van der Waals surface area contributed by atoms with Gasteiger partial charge in [0.2, 0.25) is 10.0 Å². The Morgan fingerprint density at radius 2 is 2.24 bits per heavy atom. The largest absolute Gasteiger partial charge is 0.492 e. The Bertz CT molecular complexity index is 631. The van der Waals surface area contributed by atoms with Gasteiger partial charge >= 0.3 is 0 Å². The van der Waals surface area contributed by atoms with E-state index in [2.05, 4.69) is 11.8 Å². The number of ether oxygens (including phenoxy) is 1. The van der Waals surface area contributed by atoms with Gasteiger partial charge in [-0.05, 0) is 24.6 Å². The quantitative estimate of drug-likeness (QED) is 0.818. The molecule has 1 aliphatic heterocycles. The minimum absolute atomic E-state index is 0.0491. The number of nitrogens with zero attached hydrogens (tertiary/aromatic N) is 1. The molecule has 0 saturated carbocycles. The Morgan fingerprint density at radius 1 is 1.38 bits per heavy atom. The number of aliphatic hydroxyl groups excluding tert-OH is 1. The van der Waals surface area contributed by atoms with Crippen LogP contribution in [0.25, 0.3) is 0 Å². The van der Waals surface area contributed by atoms with E-state index in [1.165, 1.54) is 4.31 Å². The van der Waals surface area contributed by atoms with Gasteiger partial charge in [-0.2, -0.15) is 4.31 Å². The van der Waals surface area contributed by atoms with Crippen molar-refractivity contribution in [2.24, 2.45) is 0 Å². The number of sulfonamides is 1. The van der Waals surface area contributed by atoms with Crippen LogP contribution in [0.1, 0.15) is 18.4 Å². The van der Waals surface area contributed by atoms with Gasteiger partial charge < -0.3 is 9.84 Å². The highest BCUT2D eigenvalue weighted by Crippen LogP contribution is 2.15. The molecule has 1 saturated heterocycles. The molecule has 0 amide bonds. The van der Waals surface area contributed by atoms with Crippen molar-refractivity contribution in [3.05, 3.63) is 29.8 Å². The highest BCUT2D eigenvalue weighted by atomic mass is 32.2. The Hall–Kier alpha value is -1.55. The zero-order valence-corrected chi connectivity index (χ0v) is 12.6. The fourth-order valence-electron chi connectivity index (χ4n) is 2.09. The van der Waals surface area contributed by atoms with Gasteiger partial charge in [-0.3, -0.25) is 0 Å². The van der Waals surface area contributed by atoms with E-state index < -0.39 is 10.0 Å². The molecule has 0 aromatic heterocycles. The van der Waals surface area contributed by atoms with Crippen LogP contribution < -0.4 is 4.74 Å². The molecule has 1 aliphatic rings. The van der Waals surface area contributed by atoms with E-state index in [9.17, 15) is 8.42 Å². The molecule has 0 radical (unpaired) electrons. The van der Waals surface area contributed by atoms with E-state index in [1.807, 2.05) is 24.3 Å². The van der Waals surface area contributed by atoms with Crippen LogP contribution in [0.4, 0.5) is 0 Å². The van der Waals surface area contributed by atoms with Crippen LogP contribution in [-0.4, -0.2) is 49.9 Å². The second-order valence-electron chi connectivity index (χ2n) is 4.72. The standard InChI is InChI=1S/C15H19NO4S/c17-10-2-1-5-14-6-3-7-15(13-14)20-11-9-16-8-4-12-21(16,18)19/h3,6-7,13,17H,2,4,8-12H2. The molecular weight excluding hydrogens is 290 g/mol. The Morgan fingerprint density at radius 3 is 2.95 bits per heavy atom. The molecule has 2 rings (SSSR count). The molecule has 21 heavy (non-hydrogen) atoms. The van der Waals surface area contributed by atoms with Gasteiger partial charge in [0.25, 0.3) is 0 Å². The van der Waals surface area contributed by atoms with Crippen LogP contribution in [0.3, 0.4) is 0 Å². The number of hydrogen-bond acceptors (Lipinski definition) is 4. The van der Waals surface area contributed by atoms with Crippen LogP contribution in [0.2, 0.25) is 0 Å². The van der Waals surface area contributed by atoms with Gasteiger partial charge in [-0.25, -0.2) is 8.42 Å². The zero-order chi connectivity index (χ0) is 15.1. The van der Waals surface area contributed by atoms with Gasteiger partial charge in [-0.1, -0.05) is 17.9 Å². The zero-order valence-electron chi connectivity index (χ0n) is 11.8. The van der Waals surface area contributed by atoms with E-state index in [1.54, 1.807) is 0 Å². The maximum atomic E-state index is 11.6. The van der Waals surface area contributed by atoms with Crippen LogP contribution >= 0.6 is 0 Å². The molecule has 1 aromatic rings. The van der Waals surface area contributed by atoms with Gasteiger partial charge in [0, 0.05) is 25.1 Å². The molecule has 1 fully saturated rings. The highest BCUT2D eigenvalue weighted by molar-refractivity contribution is 7.89. The predicted octanol–water partition coefficient (Wildman–Crippen LogP) is 0.835. The molecule has 0 bridgehead atoms. The molecule has 114 valence electrons. The lowest BCUT2D eigenvalue weighted by atomic mass is 10.2. The Labute approximate surface area is 125 Å². The summed E-state index contributed by atoms with van der Waals surface area (Å²) in [7, 11) is -3.06. The minimum Gasteiger partial charge on any atom is -0.492 e. The SMILES string of the molecule is O=S1(=O)CCCN1CCOc1cccc(C#CCCO)c1. The molecular formula is C15H19NO4S. The molecule has 1 aromatic carbocycles. The summed E-state index contributed by atoms with van der Waals surface area (Å²) in [5, 5.41) is 8.68. The summed E-state index contributed by atoms with van der Waals surface area (Å²) in [5.41, 5.74) is 0.815. The molecule has 0 atom stereocenters. The summed E-state index contributed by atoms with van der Waals surface area (Å²) >= 11 is 0. The minimum atomic E-state index is -3.06. The molecule has 0 unspecified atom stereocenters. The van der Waals surface area contributed by atoms with Crippen molar-refractivity contribution < 1.29 is 18.3 Å². The molecule has 6 heteroatoms. The molecule has 5 nitrogen and oxygen atoms in total. The number of aliphatic hydroxyl groups is 1. The first-order valence-electron chi connectivity index (χ1n) is 6.92. The first kappa shape index (κ1) is 15.8. The first-order chi connectivity index (χ1) is 10.1. The average molecular weight is 309 g/mol. The van der Waals surface area contributed by atoms with Gasteiger partial charge in [0.05, 0.1) is 12.4 Å². The van der Waals surface area contributed by atoms with E-state index in [-0.39, 0.29) is 12.4 Å². The Balaban J connectivity index is 1.86. The third kappa shape index (κ3) is 4.74. The van der Waals surface area contributed by atoms with Crippen LogP contribution in [0.5, 0.6) is 5.75 Å². The van der Waals surface area contributed by atoms with Crippen LogP contribution in [0.15, 0.2) is 24.3 Å². The summed E-state index contributed by atoms with van der Waals surface area (Å²) < 4.78 is 30.3. The highest BCUT2D eigenvalue weighted by Gasteiger charge is 2.27. The molecule has 0 aliphatic carbocycles. The number of hydrogen-bond donors (Lipinski definition) is 1. The lowest BCUT2D eigenvalue weighted by molar-refractivity contribution is 0.279. The van der Waals surface area contributed by atoms with E-state index in [4.69, 9.17) is 9.84 Å². The molecule has 1 heterocycles. The van der Waals surface area contributed by atoms with Crippen molar-refractivity contribution in [2.75, 3.05) is 32.1 Å². The summed E-state index contributed by atoms with van der Waals surface area (Å²) in [6.45, 7) is 1.33. The summed E-state index contributed by atoms with van der Waals surface area (Å²) in [4.78, 5) is 0. The van der Waals surface area contributed by atoms with E-state index >= 15 is 0 Å². The fourth-order valence-corrected chi connectivity index (χ4v) is 3.60. The monoisotopic (exact) mass is 309 g/mol. The third-order valence-corrected chi connectivity index (χ3v) is 5.07. The van der Waals surface area contributed by atoms with E-state index in [0.717, 1.165) is 5.56 Å². The third-order valence-electron chi connectivity index (χ3n) is 3.12. The summed E-state index contributed by atoms with van der Waals surface area (Å²) in [6, 6.07) is 7.33. The second-order valence-corrected chi connectivity index (χ2v) is 6.81. The molecule has 0 spiro atoms. The van der Waals surface area contributed by atoms with Crippen LogP contribution in [-0.2, 0) is 10.0 Å². The predicted molar refractivity (Wildman–Crippen MR) is 80.5 cm³/mol. The van der Waals surface area contributed by atoms with Gasteiger partial charge in [0.1, 0.15) is 12.4 Å². The maximum absolute atomic E-state index is 11.6. The van der Waals surface area contributed by atoms with E-state index in [0.29, 0.717) is 38.3 Å². The van der Waals surface area contributed by atoms with Gasteiger partial charge in [0.15, 0.2) is 0 Å². The molecule has 1 N–H and O–H groups in total. The summed E-state index contributed by atoms with van der Waals surface area (Å²) in [5.74, 6) is 6.69. The lowest BCUT2D eigenvalue weighted by Gasteiger charge is -2.14. The smallest absolute Gasteiger partial charge is 0.214 e. The Kier molecular flexibility index (Phi) is 5.62. The first-order valence-corrected chi connectivity index (χ1v) is 8.53. The lowest BCUT2D eigenvalue weighted by Crippen LogP contribution is -2.30. The number of rotatable bonds is 5. The van der Waals surface area contributed by atoms with Gasteiger partial charge in [-0.15, -0.1) is 0 Å². The topological polar surface area (TPSA) is 66.8 Å². The van der Waals surface area contributed by atoms with Crippen molar-refractivity contribution in [1.82, 2.24) is 4.31 Å². The van der Waals surface area contributed by atoms with Crippen molar-refractivity contribution in [2.45, 2.75) is 12.8 Å². The second kappa shape index (κ2) is 7.46. The summed E-state index contributed by atoms with van der Waals surface area (Å²) in [6.07, 6.45) is 1.14. The van der Waals surface area contributed by atoms with Crippen LogP contribution in [0, 0.1) is 11.8 Å². The van der Waals surface area contributed by atoms with Crippen molar-refractivity contribution in [1.29, 1.82) is 0 Å². The maximum Gasteiger partial charge on any atom is 0.214 e. The van der Waals surface area contributed by atoms with Crippen molar-refractivity contribution >= 4 is 10.0 Å². The van der Waals surface area contributed by atoms with Crippen molar-refractivity contribution in [3.8, 4) is 17.6 Å². The number of benzene rings is 1. The van der Waals surface area contributed by atoms with Crippen molar-refractivity contribution in [3.63, 3.8) is 0 Å². The fraction of sp³-hybridized carbons (Fsp3) is 0.467. The normalized spacial score (nSPS) is 17.2.